The van der Waals surface area contributed by atoms with Gasteiger partial charge < -0.3 is 4.74 Å². The molecule has 5 atom stereocenters. The Morgan fingerprint density at radius 2 is 2.28 bits per heavy atom. The van der Waals surface area contributed by atoms with E-state index in [9.17, 15) is 0 Å². The van der Waals surface area contributed by atoms with E-state index in [1.54, 1.807) is 5.57 Å². The highest BCUT2D eigenvalue weighted by Gasteiger charge is 2.51. The van der Waals surface area contributed by atoms with Crippen LogP contribution in [0.5, 0.6) is 0 Å². The minimum Gasteiger partial charge on any atom is -0.373 e. The van der Waals surface area contributed by atoms with Gasteiger partial charge in [-0.15, -0.1) is 0 Å². The van der Waals surface area contributed by atoms with Crippen LogP contribution in [0.15, 0.2) is 10.6 Å². The van der Waals surface area contributed by atoms with E-state index >= 15 is 0 Å². The molecule has 3 rings (SSSR count). The molecule has 0 bridgehead atoms. The number of epoxide rings is 1. The average molecular weight is 313 g/mol. The van der Waals surface area contributed by atoms with Crippen LogP contribution in [0.1, 0.15) is 52.4 Å². The van der Waals surface area contributed by atoms with E-state index in [0.717, 1.165) is 24.4 Å². The van der Waals surface area contributed by atoms with Crippen molar-refractivity contribution in [3.63, 3.8) is 0 Å². The molecule has 3 aliphatic rings. The van der Waals surface area contributed by atoms with Crippen molar-refractivity contribution in [1.82, 2.24) is 0 Å². The van der Waals surface area contributed by atoms with E-state index in [1.165, 1.54) is 38.5 Å². The molecule has 0 N–H and O–H groups in total. The number of hydrogen-bond donors (Lipinski definition) is 0. The van der Waals surface area contributed by atoms with Crippen molar-refractivity contribution < 1.29 is 4.74 Å². The molecule has 18 heavy (non-hydrogen) atoms. The fourth-order valence-electron chi connectivity index (χ4n) is 4.93. The topological polar surface area (TPSA) is 12.5 Å². The summed E-state index contributed by atoms with van der Waals surface area (Å²) in [7, 11) is 0. The Bertz CT molecular complexity index is 347. The molecule has 2 saturated carbocycles. The van der Waals surface area contributed by atoms with E-state index in [4.69, 9.17) is 4.74 Å². The molecule has 2 aliphatic carbocycles. The lowest BCUT2D eigenvalue weighted by Gasteiger charge is -2.44. The maximum Gasteiger partial charge on any atom is 0.0812 e. The van der Waals surface area contributed by atoms with Gasteiger partial charge in [-0.2, -0.15) is 0 Å². The van der Waals surface area contributed by atoms with Gasteiger partial charge in [-0.05, 0) is 66.7 Å². The monoisotopic (exact) mass is 312 g/mol. The van der Waals surface area contributed by atoms with Crippen LogP contribution in [0, 0.1) is 23.2 Å². The molecule has 0 amide bonds. The zero-order chi connectivity index (χ0) is 12.8. The highest BCUT2D eigenvalue weighted by Crippen LogP contribution is 2.60. The Labute approximate surface area is 119 Å². The standard InChI is InChI=1S/C16H25BrO/c1-11(8-13-10-18-13)14-5-6-15-12(9-17)4-3-7-16(14,15)2/h9,11,13-15H,3-8,10H2,1-2H3/b12-9+/t11-,13?,14-,15?,16-/m1/s1. The maximum atomic E-state index is 5.43. The molecule has 0 spiro atoms. The van der Waals surface area contributed by atoms with Gasteiger partial charge in [-0.1, -0.05) is 35.4 Å². The Morgan fingerprint density at radius 1 is 1.50 bits per heavy atom. The van der Waals surface area contributed by atoms with Crippen molar-refractivity contribution in [1.29, 1.82) is 0 Å². The lowest BCUT2D eigenvalue weighted by Crippen LogP contribution is -2.36. The normalized spacial score (nSPS) is 47.1. The van der Waals surface area contributed by atoms with Gasteiger partial charge in [0.25, 0.3) is 0 Å². The van der Waals surface area contributed by atoms with Crippen molar-refractivity contribution in [3.05, 3.63) is 10.6 Å². The van der Waals surface area contributed by atoms with Gasteiger partial charge in [0.05, 0.1) is 12.7 Å². The van der Waals surface area contributed by atoms with Crippen LogP contribution in [-0.4, -0.2) is 12.7 Å². The third-order valence-electron chi connectivity index (χ3n) is 5.90. The third kappa shape index (κ3) is 2.20. The van der Waals surface area contributed by atoms with Crippen LogP contribution >= 0.6 is 15.9 Å². The van der Waals surface area contributed by atoms with Crippen molar-refractivity contribution in [2.75, 3.05) is 6.61 Å². The molecular weight excluding hydrogens is 288 g/mol. The molecule has 1 heterocycles. The first-order valence-corrected chi connectivity index (χ1v) is 8.47. The van der Waals surface area contributed by atoms with Crippen LogP contribution in [0.4, 0.5) is 0 Å². The minimum atomic E-state index is 0.562. The Hall–Kier alpha value is 0.180. The van der Waals surface area contributed by atoms with Gasteiger partial charge in [0.2, 0.25) is 0 Å². The molecule has 2 unspecified atom stereocenters. The van der Waals surface area contributed by atoms with E-state index in [-0.39, 0.29) is 0 Å². The first-order chi connectivity index (χ1) is 8.65. The summed E-state index contributed by atoms with van der Waals surface area (Å²) >= 11 is 3.60. The summed E-state index contributed by atoms with van der Waals surface area (Å²) in [6, 6.07) is 0. The fraction of sp³-hybridized carbons (Fsp3) is 0.875. The Morgan fingerprint density at radius 3 is 2.94 bits per heavy atom. The molecule has 1 saturated heterocycles. The van der Waals surface area contributed by atoms with Crippen molar-refractivity contribution in [3.8, 4) is 0 Å². The molecule has 102 valence electrons. The van der Waals surface area contributed by atoms with Gasteiger partial charge >= 0.3 is 0 Å². The minimum absolute atomic E-state index is 0.562. The second kappa shape index (κ2) is 4.94. The SMILES string of the molecule is C[C@H](CC1CO1)[C@H]1CCC2/C(=C/Br)CCC[C@@]21C. The lowest BCUT2D eigenvalue weighted by atomic mass is 9.61. The Kier molecular flexibility index (Phi) is 3.61. The number of allylic oxidation sites excluding steroid dienone is 1. The van der Waals surface area contributed by atoms with Crippen LogP contribution in [0.25, 0.3) is 0 Å². The van der Waals surface area contributed by atoms with Crippen LogP contribution in [0.2, 0.25) is 0 Å². The molecule has 0 aromatic rings. The first-order valence-electron chi connectivity index (χ1n) is 7.56. The molecule has 1 aliphatic heterocycles. The van der Waals surface area contributed by atoms with Crippen molar-refractivity contribution in [2.24, 2.45) is 23.2 Å². The Balaban J connectivity index is 1.76. The quantitative estimate of drug-likeness (QED) is 0.675. The summed E-state index contributed by atoms with van der Waals surface area (Å²) in [6.45, 7) is 6.05. The van der Waals surface area contributed by atoms with Gasteiger partial charge in [0.15, 0.2) is 0 Å². The van der Waals surface area contributed by atoms with Crippen molar-refractivity contribution in [2.45, 2.75) is 58.5 Å². The van der Waals surface area contributed by atoms with E-state index in [0.29, 0.717) is 11.5 Å². The molecule has 2 heteroatoms. The maximum absolute atomic E-state index is 5.43. The summed E-state index contributed by atoms with van der Waals surface area (Å²) in [4.78, 5) is 2.23. The summed E-state index contributed by atoms with van der Waals surface area (Å²) in [5.41, 5.74) is 2.24. The molecule has 3 fully saturated rings. The summed E-state index contributed by atoms with van der Waals surface area (Å²) in [6.07, 6.45) is 8.86. The van der Waals surface area contributed by atoms with Gasteiger partial charge in [-0.25, -0.2) is 0 Å². The lowest BCUT2D eigenvalue weighted by molar-refractivity contribution is 0.0911. The van der Waals surface area contributed by atoms with Gasteiger partial charge in [0, 0.05) is 0 Å². The second-order valence-corrected chi connectivity index (χ2v) is 7.41. The largest absolute Gasteiger partial charge is 0.373 e. The second-order valence-electron chi connectivity index (χ2n) is 6.95. The zero-order valence-electron chi connectivity index (χ0n) is 11.6. The number of hydrogen-bond acceptors (Lipinski definition) is 1. The third-order valence-corrected chi connectivity index (χ3v) is 6.49. The zero-order valence-corrected chi connectivity index (χ0v) is 13.2. The predicted molar refractivity (Wildman–Crippen MR) is 78.7 cm³/mol. The number of halogens is 1. The molecule has 0 aromatic heterocycles. The first kappa shape index (κ1) is 13.2. The number of rotatable bonds is 3. The van der Waals surface area contributed by atoms with E-state index < -0.39 is 0 Å². The fourth-order valence-corrected chi connectivity index (χ4v) is 5.48. The van der Waals surface area contributed by atoms with Crippen molar-refractivity contribution >= 4 is 15.9 Å². The van der Waals surface area contributed by atoms with Gasteiger partial charge in [0.1, 0.15) is 0 Å². The smallest absolute Gasteiger partial charge is 0.0812 e. The van der Waals surface area contributed by atoms with Crippen LogP contribution in [-0.2, 0) is 4.74 Å². The average Bonchev–Trinajstić information content (AvgIpc) is 3.07. The molecule has 0 aromatic carbocycles. The summed E-state index contributed by atoms with van der Waals surface area (Å²) in [5.74, 6) is 2.59. The summed E-state index contributed by atoms with van der Waals surface area (Å²) in [5, 5.41) is 0. The van der Waals surface area contributed by atoms with Gasteiger partial charge in [-0.3, -0.25) is 0 Å². The highest BCUT2D eigenvalue weighted by molar-refractivity contribution is 9.11. The summed E-state index contributed by atoms with van der Waals surface area (Å²) < 4.78 is 5.43. The van der Waals surface area contributed by atoms with Crippen LogP contribution in [0.3, 0.4) is 0 Å². The van der Waals surface area contributed by atoms with E-state index in [1.807, 2.05) is 0 Å². The number of fused-ring (bicyclic) bond motifs is 1. The van der Waals surface area contributed by atoms with Crippen LogP contribution < -0.4 is 0 Å². The molecule has 0 radical (unpaired) electrons. The molecular formula is C16H25BrO. The predicted octanol–water partition coefficient (Wildman–Crippen LogP) is 4.91. The molecule has 1 nitrogen and oxygen atoms in total. The van der Waals surface area contributed by atoms with E-state index in [2.05, 4.69) is 34.8 Å². The highest BCUT2D eigenvalue weighted by atomic mass is 79.9. The number of ether oxygens (including phenoxy) is 1.